The maximum Gasteiger partial charge on any atom is 0.332 e. The van der Waals surface area contributed by atoms with E-state index in [9.17, 15) is 14.4 Å². The Kier molecular flexibility index (Phi) is 7.93. The van der Waals surface area contributed by atoms with Gasteiger partial charge in [-0.2, -0.15) is 5.01 Å². The monoisotopic (exact) mass is 525 g/mol. The summed E-state index contributed by atoms with van der Waals surface area (Å²) in [7, 11) is 0. The molecule has 0 saturated carbocycles. The van der Waals surface area contributed by atoms with Crippen LogP contribution < -0.4 is 5.32 Å². The number of amides is 4. The molecule has 8 heteroatoms. The van der Waals surface area contributed by atoms with Crippen molar-refractivity contribution in [3.8, 4) is 0 Å². The first-order chi connectivity index (χ1) is 19.0. The van der Waals surface area contributed by atoms with Gasteiger partial charge in [0.2, 0.25) is 11.8 Å². The molecule has 2 heterocycles. The number of benzene rings is 2. The van der Waals surface area contributed by atoms with Crippen LogP contribution in [0, 0.1) is 12.8 Å². The lowest BCUT2D eigenvalue weighted by Gasteiger charge is -2.48. The minimum atomic E-state index is -0.634. The fraction of sp³-hybridized carbons (Fsp3) is 0.323. The van der Waals surface area contributed by atoms with Gasteiger partial charge >= 0.3 is 6.03 Å². The molecule has 39 heavy (non-hydrogen) atoms. The molecule has 2 aliphatic heterocycles. The average Bonchev–Trinajstić information content (AvgIpc) is 3.27. The first-order valence-corrected chi connectivity index (χ1v) is 13.4. The lowest BCUT2D eigenvalue weighted by Crippen LogP contribution is -2.66. The van der Waals surface area contributed by atoms with Gasteiger partial charge in [0.15, 0.2) is 0 Å². The van der Waals surface area contributed by atoms with Crippen molar-refractivity contribution in [1.29, 1.82) is 0 Å². The second kappa shape index (κ2) is 11.7. The molecule has 2 unspecified atom stereocenters. The number of carbonyl (C=O) groups excluding carboxylic acids is 3. The summed E-state index contributed by atoms with van der Waals surface area (Å²) in [6.45, 7) is 7.25. The van der Waals surface area contributed by atoms with Crippen LogP contribution in [-0.4, -0.2) is 69.5 Å². The fourth-order valence-corrected chi connectivity index (χ4v) is 5.69. The summed E-state index contributed by atoms with van der Waals surface area (Å²) in [6, 6.07) is 16.9. The highest BCUT2D eigenvalue weighted by Crippen LogP contribution is 2.34. The van der Waals surface area contributed by atoms with Gasteiger partial charge in [-0.1, -0.05) is 90.5 Å². The quantitative estimate of drug-likeness (QED) is 0.535. The lowest BCUT2D eigenvalue weighted by molar-refractivity contribution is -0.159. The number of urea groups is 1. The summed E-state index contributed by atoms with van der Waals surface area (Å²) < 4.78 is 0. The molecule has 2 aromatic rings. The summed E-state index contributed by atoms with van der Waals surface area (Å²) in [6.07, 6.45) is 9.82. The first kappa shape index (κ1) is 26.4. The summed E-state index contributed by atoms with van der Waals surface area (Å²) in [5.41, 5.74) is 3.14. The Bertz CT molecular complexity index is 1290. The highest BCUT2D eigenvalue weighted by Gasteiger charge is 2.53. The minimum absolute atomic E-state index is 0.0194. The van der Waals surface area contributed by atoms with Gasteiger partial charge in [-0.05, 0) is 24.5 Å². The van der Waals surface area contributed by atoms with Gasteiger partial charge in [-0.25, -0.2) is 4.79 Å². The van der Waals surface area contributed by atoms with E-state index in [1.165, 1.54) is 0 Å². The number of piperazine rings is 1. The summed E-state index contributed by atoms with van der Waals surface area (Å²) >= 11 is 0. The van der Waals surface area contributed by atoms with Gasteiger partial charge in [0.25, 0.3) is 0 Å². The molecule has 2 saturated heterocycles. The Morgan fingerprint density at radius 2 is 1.90 bits per heavy atom. The molecule has 3 aliphatic rings. The highest BCUT2D eigenvalue weighted by atomic mass is 16.2. The third-order valence-electron chi connectivity index (χ3n) is 7.51. The van der Waals surface area contributed by atoms with Crippen molar-refractivity contribution in [3.05, 3.63) is 108 Å². The van der Waals surface area contributed by atoms with Gasteiger partial charge in [-0.15, -0.1) is 6.58 Å². The highest BCUT2D eigenvalue weighted by molar-refractivity contribution is 5.92. The third kappa shape index (κ3) is 5.66. The van der Waals surface area contributed by atoms with E-state index in [0.717, 1.165) is 16.7 Å². The van der Waals surface area contributed by atoms with E-state index in [1.54, 1.807) is 21.0 Å². The summed E-state index contributed by atoms with van der Waals surface area (Å²) in [5, 5.41) is 6.33. The molecule has 0 radical (unpaired) electrons. The van der Waals surface area contributed by atoms with E-state index in [2.05, 4.69) is 18.0 Å². The Balaban J connectivity index is 1.43. The predicted molar refractivity (Wildman–Crippen MR) is 150 cm³/mol. The van der Waals surface area contributed by atoms with Gasteiger partial charge in [0.05, 0.1) is 19.6 Å². The molecule has 2 aromatic carbocycles. The number of allylic oxidation sites excluding steroid dienone is 3. The predicted octanol–water partition coefficient (Wildman–Crippen LogP) is 3.62. The Hall–Kier alpha value is -4.17. The van der Waals surface area contributed by atoms with Crippen molar-refractivity contribution >= 4 is 17.8 Å². The van der Waals surface area contributed by atoms with Crippen molar-refractivity contribution < 1.29 is 14.4 Å². The number of nitrogens with one attached hydrogen (secondary N) is 1. The molecule has 2 fully saturated rings. The van der Waals surface area contributed by atoms with Crippen LogP contribution in [0.4, 0.5) is 4.79 Å². The van der Waals surface area contributed by atoms with Gasteiger partial charge in [-0.3, -0.25) is 14.6 Å². The van der Waals surface area contributed by atoms with E-state index in [4.69, 9.17) is 0 Å². The molecule has 8 nitrogen and oxygen atoms in total. The molecule has 202 valence electrons. The number of hydrazine groups is 1. The maximum absolute atomic E-state index is 13.9. The van der Waals surface area contributed by atoms with Crippen molar-refractivity contribution in [1.82, 2.24) is 25.1 Å². The van der Waals surface area contributed by atoms with Gasteiger partial charge in [0.1, 0.15) is 12.2 Å². The largest absolute Gasteiger partial charge is 0.333 e. The molecule has 4 amide bonds. The van der Waals surface area contributed by atoms with E-state index in [1.807, 2.05) is 84.7 Å². The standard InChI is InChI=1S/C31H35N5O3/c1-3-17-34(31(39)32-19-24-12-6-4-7-13-24)35-22-28(37)36-27(35)21-33(20-25-14-10-11-23(2)18-25)30(38)29(36)26-15-8-5-9-16-26/h3-15,18,26-27,29H,1,16-17,19-22H2,2H3,(H,32,39)/t26?,27?,29-/m0/s1. The van der Waals surface area contributed by atoms with Crippen molar-refractivity contribution in [2.24, 2.45) is 5.92 Å². The maximum atomic E-state index is 13.9. The van der Waals surface area contributed by atoms with Crippen molar-refractivity contribution in [3.63, 3.8) is 0 Å². The zero-order valence-electron chi connectivity index (χ0n) is 22.3. The molecule has 0 spiro atoms. The average molecular weight is 526 g/mol. The molecule has 0 bridgehead atoms. The topological polar surface area (TPSA) is 76.2 Å². The van der Waals surface area contributed by atoms with Crippen LogP contribution in [0.25, 0.3) is 0 Å². The Morgan fingerprint density at radius 3 is 2.62 bits per heavy atom. The Labute approximate surface area is 229 Å². The Morgan fingerprint density at radius 1 is 1.10 bits per heavy atom. The number of hydrogen-bond acceptors (Lipinski definition) is 4. The zero-order chi connectivity index (χ0) is 27.4. The van der Waals surface area contributed by atoms with Gasteiger partial charge < -0.3 is 15.1 Å². The van der Waals surface area contributed by atoms with Crippen LogP contribution in [0.3, 0.4) is 0 Å². The summed E-state index contributed by atoms with van der Waals surface area (Å²) in [4.78, 5) is 44.4. The van der Waals surface area contributed by atoms with E-state index < -0.39 is 12.2 Å². The third-order valence-corrected chi connectivity index (χ3v) is 7.51. The van der Waals surface area contributed by atoms with Crippen LogP contribution in [0.2, 0.25) is 0 Å². The minimum Gasteiger partial charge on any atom is -0.333 e. The molecular weight excluding hydrogens is 490 g/mol. The SMILES string of the molecule is C=CCN(C(=O)NCc1ccccc1)N1CC(=O)N2C1CN(Cc1cccc(C)c1)C(=O)[C@@H]2C1C=CC=CC1. The van der Waals surface area contributed by atoms with E-state index in [0.29, 0.717) is 26.1 Å². The van der Waals surface area contributed by atoms with Crippen LogP contribution in [0.1, 0.15) is 23.1 Å². The first-order valence-electron chi connectivity index (χ1n) is 13.4. The van der Waals surface area contributed by atoms with E-state index >= 15 is 0 Å². The van der Waals surface area contributed by atoms with Crippen LogP contribution >= 0.6 is 0 Å². The second-order valence-corrected chi connectivity index (χ2v) is 10.3. The smallest absolute Gasteiger partial charge is 0.332 e. The molecule has 3 atom stereocenters. The van der Waals surface area contributed by atoms with Crippen molar-refractivity contribution in [2.45, 2.75) is 38.6 Å². The van der Waals surface area contributed by atoms with Gasteiger partial charge in [0, 0.05) is 19.0 Å². The number of rotatable bonds is 8. The van der Waals surface area contributed by atoms with Crippen LogP contribution in [0.15, 0.2) is 91.6 Å². The lowest BCUT2D eigenvalue weighted by atomic mass is 9.88. The number of nitrogens with zero attached hydrogens (tertiary/aromatic N) is 4. The molecule has 5 rings (SSSR count). The van der Waals surface area contributed by atoms with E-state index in [-0.39, 0.29) is 36.9 Å². The summed E-state index contributed by atoms with van der Waals surface area (Å²) in [5.74, 6) is -0.341. The molecule has 0 aromatic heterocycles. The fourth-order valence-electron chi connectivity index (χ4n) is 5.69. The zero-order valence-corrected chi connectivity index (χ0v) is 22.3. The van der Waals surface area contributed by atoms with Crippen molar-refractivity contribution in [2.75, 3.05) is 19.6 Å². The van der Waals surface area contributed by atoms with Crippen LogP contribution in [0.5, 0.6) is 0 Å². The number of hydrogen-bond donors (Lipinski definition) is 1. The number of aryl methyl sites for hydroxylation is 1. The number of carbonyl (C=O) groups is 3. The molecule has 1 N–H and O–H groups in total. The number of fused-ring (bicyclic) bond motifs is 1. The second-order valence-electron chi connectivity index (χ2n) is 10.3. The molecular formula is C31H35N5O3. The molecule has 1 aliphatic carbocycles. The van der Waals surface area contributed by atoms with Crippen LogP contribution in [-0.2, 0) is 22.7 Å². The normalized spacial score (nSPS) is 22.6.